The molecule has 6 heteroatoms. The van der Waals surface area contributed by atoms with Crippen LogP contribution >= 0.6 is 0 Å². The lowest BCUT2D eigenvalue weighted by atomic mass is 10.3. The maximum absolute atomic E-state index is 11.0. The van der Waals surface area contributed by atoms with Gasteiger partial charge in [-0.2, -0.15) is 0 Å². The van der Waals surface area contributed by atoms with Crippen molar-refractivity contribution in [3.8, 4) is 0 Å². The van der Waals surface area contributed by atoms with Crippen molar-refractivity contribution in [2.24, 2.45) is 5.11 Å². The Kier molecular flexibility index (Phi) is 2.83. The van der Waals surface area contributed by atoms with Crippen LogP contribution in [0.15, 0.2) is 23.3 Å². The molecule has 1 aromatic rings. The van der Waals surface area contributed by atoms with Crippen molar-refractivity contribution in [3.63, 3.8) is 0 Å². The van der Waals surface area contributed by atoms with Crippen LogP contribution in [0.2, 0.25) is 0 Å². The van der Waals surface area contributed by atoms with Crippen LogP contribution in [-0.2, 0) is 4.74 Å². The van der Waals surface area contributed by atoms with Crippen LogP contribution in [0.4, 0.5) is 5.82 Å². The minimum Gasteiger partial charge on any atom is -0.464 e. The molecule has 0 saturated heterocycles. The van der Waals surface area contributed by atoms with Crippen LogP contribution < -0.4 is 0 Å². The van der Waals surface area contributed by atoms with Gasteiger partial charge in [0.05, 0.1) is 7.11 Å². The Balaban J connectivity index is 3.04. The summed E-state index contributed by atoms with van der Waals surface area (Å²) in [7, 11) is 1.25. The SMILES string of the molecule is COC(=O)c1cccc(N=[N+]=[N-])n1. The maximum Gasteiger partial charge on any atom is 0.356 e. The smallest absolute Gasteiger partial charge is 0.356 e. The largest absolute Gasteiger partial charge is 0.464 e. The van der Waals surface area contributed by atoms with Gasteiger partial charge in [0.25, 0.3) is 0 Å². The van der Waals surface area contributed by atoms with Gasteiger partial charge in [-0.3, -0.25) is 0 Å². The Labute approximate surface area is 73.8 Å². The van der Waals surface area contributed by atoms with Gasteiger partial charge in [0.15, 0.2) is 0 Å². The quantitative estimate of drug-likeness (QED) is 0.299. The van der Waals surface area contributed by atoms with Gasteiger partial charge in [-0.1, -0.05) is 6.07 Å². The third-order valence-corrected chi connectivity index (χ3v) is 1.28. The van der Waals surface area contributed by atoms with Crippen molar-refractivity contribution in [1.29, 1.82) is 0 Å². The van der Waals surface area contributed by atoms with Crippen molar-refractivity contribution in [2.75, 3.05) is 7.11 Å². The zero-order valence-electron chi connectivity index (χ0n) is 6.84. The number of carbonyl (C=O) groups excluding carboxylic acids is 1. The topological polar surface area (TPSA) is 88.0 Å². The zero-order valence-corrected chi connectivity index (χ0v) is 6.84. The van der Waals surface area contributed by atoms with E-state index in [1.807, 2.05) is 0 Å². The number of pyridine rings is 1. The Morgan fingerprint density at radius 2 is 2.46 bits per heavy atom. The second-order valence-corrected chi connectivity index (χ2v) is 2.06. The van der Waals surface area contributed by atoms with E-state index in [1.54, 1.807) is 6.07 Å². The molecule has 1 rings (SSSR count). The van der Waals surface area contributed by atoms with E-state index in [1.165, 1.54) is 19.2 Å². The second kappa shape index (κ2) is 4.08. The highest BCUT2D eigenvalue weighted by Crippen LogP contribution is 2.08. The van der Waals surface area contributed by atoms with E-state index >= 15 is 0 Å². The normalized spacial score (nSPS) is 8.69. The standard InChI is InChI=1S/C7H6N4O2/c1-13-7(12)5-3-2-4-6(9-5)10-11-8/h2-4H,1H3. The lowest BCUT2D eigenvalue weighted by Gasteiger charge is -1.97. The van der Waals surface area contributed by atoms with Crippen molar-refractivity contribution in [3.05, 3.63) is 34.3 Å². The highest BCUT2D eigenvalue weighted by atomic mass is 16.5. The first-order chi connectivity index (χ1) is 6.27. The third-order valence-electron chi connectivity index (χ3n) is 1.28. The van der Waals surface area contributed by atoms with Gasteiger partial charge < -0.3 is 4.74 Å². The molecule has 0 saturated carbocycles. The number of aromatic nitrogens is 1. The van der Waals surface area contributed by atoms with Gasteiger partial charge in [-0.15, -0.1) is 0 Å². The number of azide groups is 1. The molecule has 0 aromatic carbocycles. The summed E-state index contributed by atoms with van der Waals surface area (Å²) in [6, 6.07) is 4.53. The fourth-order valence-corrected chi connectivity index (χ4v) is 0.743. The number of carbonyl (C=O) groups is 1. The van der Waals surface area contributed by atoms with E-state index < -0.39 is 5.97 Å². The predicted molar refractivity (Wildman–Crippen MR) is 44.4 cm³/mol. The number of hydrogen-bond acceptors (Lipinski definition) is 4. The van der Waals surface area contributed by atoms with Gasteiger partial charge in [0.1, 0.15) is 11.5 Å². The zero-order chi connectivity index (χ0) is 9.68. The first-order valence-electron chi connectivity index (χ1n) is 3.38. The first kappa shape index (κ1) is 9.02. The summed E-state index contributed by atoms with van der Waals surface area (Å²) in [6.07, 6.45) is 0. The summed E-state index contributed by atoms with van der Waals surface area (Å²) in [5.41, 5.74) is 8.23. The molecule has 0 fully saturated rings. The fourth-order valence-electron chi connectivity index (χ4n) is 0.743. The third kappa shape index (κ3) is 2.18. The van der Waals surface area contributed by atoms with Crippen LogP contribution in [-0.4, -0.2) is 18.1 Å². The molecule has 1 aromatic heterocycles. The number of hydrogen-bond donors (Lipinski definition) is 0. The molecule has 66 valence electrons. The van der Waals surface area contributed by atoms with Gasteiger partial charge in [-0.05, 0) is 22.8 Å². The van der Waals surface area contributed by atoms with Gasteiger partial charge >= 0.3 is 5.97 Å². The molecule has 1 heterocycles. The minimum absolute atomic E-state index is 0.118. The van der Waals surface area contributed by atoms with E-state index in [0.717, 1.165) is 0 Å². The van der Waals surface area contributed by atoms with E-state index in [2.05, 4.69) is 19.7 Å². The molecular formula is C7H6N4O2. The van der Waals surface area contributed by atoms with Gasteiger partial charge in [-0.25, -0.2) is 9.78 Å². The van der Waals surface area contributed by atoms with Gasteiger partial charge in [0, 0.05) is 4.91 Å². The molecule has 0 radical (unpaired) electrons. The Bertz CT molecular complexity index is 371. The molecular weight excluding hydrogens is 172 g/mol. The molecule has 0 N–H and O–H groups in total. The summed E-state index contributed by atoms with van der Waals surface area (Å²) in [6.45, 7) is 0. The monoisotopic (exact) mass is 178 g/mol. The Morgan fingerprint density at radius 1 is 1.69 bits per heavy atom. The molecule has 0 aliphatic rings. The minimum atomic E-state index is -0.560. The highest BCUT2D eigenvalue weighted by molar-refractivity contribution is 5.87. The lowest BCUT2D eigenvalue weighted by molar-refractivity contribution is 0.0594. The van der Waals surface area contributed by atoms with Crippen LogP contribution in [0.3, 0.4) is 0 Å². The Hall–Kier alpha value is -2.07. The summed E-state index contributed by atoms with van der Waals surface area (Å²) >= 11 is 0. The summed E-state index contributed by atoms with van der Waals surface area (Å²) in [5.74, 6) is -0.416. The number of esters is 1. The average Bonchev–Trinajstić information content (AvgIpc) is 2.18. The summed E-state index contributed by atoms with van der Waals surface area (Å²) < 4.78 is 4.43. The molecule has 0 aliphatic heterocycles. The fraction of sp³-hybridized carbons (Fsp3) is 0.143. The van der Waals surface area contributed by atoms with E-state index in [9.17, 15) is 4.79 Å². The number of methoxy groups -OCH3 is 1. The van der Waals surface area contributed by atoms with Crippen LogP contribution in [0, 0.1) is 0 Å². The molecule has 6 nitrogen and oxygen atoms in total. The lowest BCUT2D eigenvalue weighted by Crippen LogP contribution is -2.03. The van der Waals surface area contributed by atoms with Crippen LogP contribution in [0.25, 0.3) is 10.4 Å². The summed E-state index contributed by atoms with van der Waals surface area (Å²) in [4.78, 5) is 17.2. The average molecular weight is 178 g/mol. The van der Waals surface area contributed by atoms with Crippen molar-refractivity contribution >= 4 is 11.8 Å². The second-order valence-electron chi connectivity index (χ2n) is 2.06. The van der Waals surface area contributed by atoms with Gasteiger partial charge in [0.2, 0.25) is 0 Å². The molecule has 0 amide bonds. The molecule has 0 atom stereocenters. The Morgan fingerprint density at radius 3 is 3.08 bits per heavy atom. The van der Waals surface area contributed by atoms with Crippen molar-refractivity contribution in [2.45, 2.75) is 0 Å². The van der Waals surface area contributed by atoms with E-state index in [4.69, 9.17) is 5.53 Å². The van der Waals surface area contributed by atoms with Crippen molar-refractivity contribution in [1.82, 2.24) is 4.98 Å². The first-order valence-corrected chi connectivity index (χ1v) is 3.38. The molecule has 0 aliphatic carbocycles. The number of nitrogens with zero attached hydrogens (tertiary/aromatic N) is 4. The number of rotatable bonds is 2. The van der Waals surface area contributed by atoms with Crippen LogP contribution in [0.1, 0.15) is 10.5 Å². The number of ether oxygens (including phenoxy) is 1. The van der Waals surface area contributed by atoms with E-state index in [0.29, 0.717) is 0 Å². The maximum atomic E-state index is 11.0. The van der Waals surface area contributed by atoms with Crippen LogP contribution in [0.5, 0.6) is 0 Å². The highest BCUT2D eigenvalue weighted by Gasteiger charge is 2.05. The summed E-state index contributed by atoms with van der Waals surface area (Å²) in [5, 5.41) is 3.25. The van der Waals surface area contributed by atoms with Crippen molar-refractivity contribution < 1.29 is 9.53 Å². The predicted octanol–water partition coefficient (Wildman–Crippen LogP) is 1.81. The molecule has 13 heavy (non-hydrogen) atoms. The molecule has 0 unspecified atom stereocenters. The van der Waals surface area contributed by atoms with E-state index in [-0.39, 0.29) is 11.5 Å². The molecule has 0 bridgehead atoms. The molecule has 0 spiro atoms.